The Morgan fingerprint density at radius 1 is 0.914 bits per heavy atom. The van der Waals surface area contributed by atoms with Gasteiger partial charge in [-0.05, 0) is 72.5 Å². The highest BCUT2D eigenvalue weighted by Gasteiger charge is 2.17. The van der Waals surface area contributed by atoms with E-state index in [-0.39, 0.29) is 11.4 Å². The maximum Gasteiger partial charge on any atom is 0.348 e. The predicted molar refractivity (Wildman–Crippen MR) is 135 cm³/mol. The van der Waals surface area contributed by atoms with Crippen molar-refractivity contribution in [3.63, 3.8) is 0 Å². The summed E-state index contributed by atoms with van der Waals surface area (Å²) in [6.45, 7) is 0. The number of methoxy groups -OCH3 is 2. The molecule has 0 aliphatic heterocycles. The van der Waals surface area contributed by atoms with Gasteiger partial charge in [0.2, 0.25) is 0 Å². The van der Waals surface area contributed by atoms with Crippen LogP contribution in [-0.4, -0.2) is 38.7 Å². The zero-order valence-corrected chi connectivity index (χ0v) is 19.8. The number of aryl methyl sites for hydroxylation is 3. The largest absolute Gasteiger partial charge is 0.507 e. The molecule has 0 bridgehead atoms. The molecule has 178 valence electrons. The lowest BCUT2D eigenvalue weighted by Gasteiger charge is -2.11. The number of hydrogen-bond acceptors (Lipinski definition) is 5. The van der Waals surface area contributed by atoms with Crippen molar-refractivity contribution in [2.24, 2.45) is 7.05 Å². The number of ether oxygens (including phenoxy) is 2. The molecule has 8 nitrogen and oxygen atoms in total. The smallest absolute Gasteiger partial charge is 0.348 e. The maximum atomic E-state index is 12.7. The quantitative estimate of drug-likeness (QED) is 0.371. The van der Waals surface area contributed by atoms with E-state index >= 15 is 0 Å². The first-order valence-corrected chi connectivity index (χ1v) is 11.2. The number of hydrogen-bond donors (Lipinski definition) is 2. The molecule has 0 atom stereocenters. The topological polar surface area (TPSA) is 94.3 Å². The minimum atomic E-state index is -0.370. The fourth-order valence-electron chi connectivity index (χ4n) is 4.37. The zero-order chi connectivity index (χ0) is 24.5. The van der Waals surface area contributed by atoms with E-state index in [1.165, 1.54) is 4.57 Å². The Bertz CT molecular complexity index is 1580. The van der Waals surface area contributed by atoms with Gasteiger partial charge in [-0.3, -0.25) is 0 Å². The highest BCUT2D eigenvalue weighted by Crippen LogP contribution is 2.31. The third-order valence-electron chi connectivity index (χ3n) is 6.25. The number of aromatic hydroxyl groups is 1. The second-order valence-electron chi connectivity index (χ2n) is 8.40. The lowest BCUT2D eigenvalue weighted by atomic mass is 10.0. The van der Waals surface area contributed by atoms with Crippen LogP contribution in [0.5, 0.6) is 17.2 Å². The number of H-pyrrole nitrogens is 1. The molecule has 0 saturated carbocycles. The fraction of sp³-hybridized carbons (Fsp3) is 0.185. The standard InChI is InChI=1S/C27H26N4O4/c1-30-13-12-19-16-20(8-9-22(19)30)31-26(28-29-27(31)33)21-14-17(6-10-23(21)32)4-5-18-7-11-24(34-2)25(15-18)35-3/h6-16,32H,4-5H2,1-3H3,(H,29,33). The van der Waals surface area contributed by atoms with E-state index in [1.807, 2.05) is 72.4 Å². The van der Waals surface area contributed by atoms with Gasteiger partial charge in [-0.25, -0.2) is 14.5 Å². The molecule has 0 radical (unpaired) electrons. The predicted octanol–water partition coefficient (Wildman–Crippen LogP) is 4.23. The molecule has 0 amide bonds. The molecular formula is C27H26N4O4. The van der Waals surface area contributed by atoms with E-state index in [2.05, 4.69) is 10.2 Å². The van der Waals surface area contributed by atoms with E-state index in [0.717, 1.165) is 34.9 Å². The number of nitrogens with zero attached hydrogens (tertiary/aromatic N) is 3. The third kappa shape index (κ3) is 4.14. The number of benzene rings is 3. The van der Waals surface area contributed by atoms with Crippen LogP contribution < -0.4 is 15.2 Å². The molecule has 35 heavy (non-hydrogen) atoms. The van der Waals surface area contributed by atoms with Crippen LogP contribution in [0, 0.1) is 0 Å². The molecule has 3 aromatic carbocycles. The Labute approximate surface area is 202 Å². The molecule has 5 aromatic rings. The fourth-order valence-corrected chi connectivity index (χ4v) is 4.37. The summed E-state index contributed by atoms with van der Waals surface area (Å²) in [7, 11) is 5.21. The summed E-state index contributed by atoms with van der Waals surface area (Å²) in [6.07, 6.45) is 3.47. The number of rotatable bonds is 7. The molecule has 8 heteroatoms. The second kappa shape index (κ2) is 9.06. The second-order valence-corrected chi connectivity index (χ2v) is 8.40. The average molecular weight is 471 g/mol. The van der Waals surface area contributed by atoms with Crippen molar-refractivity contribution in [3.05, 3.63) is 88.5 Å². The molecule has 0 spiro atoms. The van der Waals surface area contributed by atoms with Gasteiger partial charge in [-0.2, -0.15) is 5.10 Å². The van der Waals surface area contributed by atoms with Gasteiger partial charge < -0.3 is 19.1 Å². The first-order valence-electron chi connectivity index (χ1n) is 11.2. The summed E-state index contributed by atoms with van der Waals surface area (Å²) in [4.78, 5) is 12.7. The van der Waals surface area contributed by atoms with Gasteiger partial charge in [-0.1, -0.05) is 12.1 Å². The minimum absolute atomic E-state index is 0.0564. The summed E-state index contributed by atoms with van der Waals surface area (Å²) < 4.78 is 14.2. The summed E-state index contributed by atoms with van der Waals surface area (Å²) in [5.74, 6) is 1.79. The number of nitrogens with one attached hydrogen (secondary N) is 1. The summed E-state index contributed by atoms with van der Waals surface area (Å²) in [5.41, 5.74) is 3.96. The average Bonchev–Trinajstić information content (AvgIpc) is 3.45. The van der Waals surface area contributed by atoms with Gasteiger partial charge in [-0.15, -0.1) is 0 Å². The van der Waals surface area contributed by atoms with Gasteiger partial charge in [0.15, 0.2) is 17.3 Å². The Morgan fingerprint density at radius 2 is 1.66 bits per heavy atom. The van der Waals surface area contributed by atoms with E-state index in [1.54, 1.807) is 20.3 Å². The molecule has 0 saturated heterocycles. The zero-order valence-electron chi connectivity index (χ0n) is 19.8. The van der Waals surface area contributed by atoms with Gasteiger partial charge in [0, 0.05) is 24.1 Å². The van der Waals surface area contributed by atoms with Gasteiger partial charge in [0.25, 0.3) is 0 Å². The van der Waals surface area contributed by atoms with Crippen molar-refractivity contribution < 1.29 is 14.6 Å². The summed E-state index contributed by atoms with van der Waals surface area (Å²) >= 11 is 0. The Hall–Kier alpha value is -4.46. The van der Waals surface area contributed by atoms with Crippen molar-refractivity contribution in [2.75, 3.05) is 14.2 Å². The summed E-state index contributed by atoms with van der Waals surface area (Å²) in [5, 5.41) is 18.4. The van der Waals surface area contributed by atoms with Crippen LogP contribution in [0.2, 0.25) is 0 Å². The third-order valence-corrected chi connectivity index (χ3v) is 6.25. The monoisotopic (exact) mass is 470 g/mol. The number of phenolic OH excluding ortho intramolecular Hbond substituents is 1. The van der Waals surface area contributed by atoms with Gasteiger partial charge in [0.1, 0.15) is 5.75 Å². The van der Waals surface area contributed by atoms with Crippen LogP contribution in [0.4, 0.5) is 0 Å². The number of aromatic nitrogens is 4. The molecular weight excluding hydrogens is 444 g/mol. The lowest BCUT2D eigenvalue weighted by Crippen LogP contribution is -2.15. The van der Waals surface area contributed by atoms with E-state index < -0.39 is 0 Å². The molecule has 0 unspecified atom stereocenters. The van der Waals surface area contributed by atoms with Crippen LogP contribution in [-0.2, 0) is 19.9 Å². The van der Waals surface area contributed by atoms with Gasteiger partial charge >= 0.3 is 5.69 Å². The molecule has 2 N–H and O–H groups in total. The first-order chi connectivity index (χ1) is 17.0. The van der Waals surface area contributed by atoms with Crippen molar-refractivity contribution in [3.8, 4) is 34.3 Å². The van der Waals surface area contributed by atoms with Crippen molar-refractivity contribution in [2.45, 2.75) is 12.8 Å². The van der Waals surface area contributed by atoms with E-state index in [4.69, 9.17) is 9.47 Å². The maximum absolute atomic E-state index is 12.7. The molecule has 5 rings (SSSR count). The van der Waals surface area contributed by atoms with E-state index in [9.17, 15) is 9.90 Å². The van der Waals surface area contributed by atoms with Crippen LogP contribution in [0.15, 0.2) is 71.7 Å². The highest BCUT2D eigenvalue weighted by molar-refractivity contribution is 5.82. The Kier molecular flexibility index (Phi) is 5.78. The van der Waals surface area contributed by atoms with Crippen molar-refractivity contribution in [1.82, 2.24) is 19.3 Å². The summed E-state index contributed by atoms with van der Waals surface area (Å²) in [6, 6.07) is 19.0. The molecule has 0 aliphatic rings. The Balaban J connectivity index is 1.47. The SMILES string of the molecule is COc1ccc(CCc2ccc(O)c(-c3n[nH]c(=O)n3-c3ccc4c(ccn4C)c3)c2)cc1OC. The minimum Gasteiger partial charge on any atom is -0.507 e. The molecule has 0 fully saturated rings. The molecule has 2 aromatic heterocycles. The van der Waals surface area contributed by atoms with E-state index in [0.29, 0.717) is 28.6 Å². The molecule has 0 aliphatic carbocycles. The molecule has 2 heterocycles. The normalized spacial score (nSPS) is 11.2. The number of phenols is 1. The van der Waals surface area contributed by atoms with Crippen molar-refractivity contribution in [1.29, 1.82) is 0 Å². The van der Waals surface area contributed by atoms with Gasteiger partial charge in [0.05, 0.1) is 25.5 Å². The first kappa shape index (κ1) is 22.3. The van der Waals surface area contributed by atoms with Crippen molar-refractivity contribution >= 4 is 10.9 Å². The highest BCUT2D eigenvalue weighted by atomic mass is 16.5. The number of fused-ring (bicyclic) bond motifs is 1. The number of aromatic amines is 1. The Morgan fingerprint density at radius 3 is 2.43 bits per heavy atom. The van der Waals surface area contributed by atoms with Crippen LogP contribution in [0.1, 0.15) is 11.1 Å². The van der Waals surface area contributed by atoms with Crippen LogP contribution in [0.25, 0.3) is 28.0 Å². The van der Waals surface area contributed by atoms with Crippen LogP contribution in [0.3, 0.4) is 0 Å². The van der Waals surface area contributed by atoms with Crippen LogP contribution >= 0.6 is 0 Å². The lowest BCUT2D eigenvalue weighted by molar-refractivity contribution is 0.354.